The number of piperidine rings is 1. The van der Waals surface area contributed by atoms with Crippen molar-refractivity contribution in [3.63, 3.8) is 0 Å². The maximum Gasteiger partial charge on any atom is 0.116 e. The molecule has 2 rings (SSSR count). The van der Waals surface area contributed by atoms with E-state index in [-0.39, 0.29) is 5.54 Å². The first kappa shape index (κ1) is 8.52. The molecule has 0 spiro atoms. The molecule has 2 aliphatic heterocycles. The third kappa shape index (κ3) is 1.27. The fraction of sp³-hybridized carbons (Fsp3) is 1.00. The van der Waals surface area contributed by atoms with Gasteiger partial charge in [-0.25, -0.2) is 0 Å². The first-order valence-corrected chi connectivity index (χ1v) is 4.97. The highest BCUT2D eigenvalue weighted by Crippen LogP contribution is 2.36. The van der Waals surface area contributed by atoms with Crippen molar-refractivity contribution in [2.45, 2.75) is 45.4 Å². The van der Waals surface area contributed by atoms with Crippen molar-refractivity contribution in [3.05, 3.63) is 0 Å². The Kier molecular flexibility index (Phi) is 1.92. The molecule has 70 valence electrons. The molecule has 0 aromatic rings. The largest absolute Gasteiger partial charge is 0.362 e. The van der Waals surface area contributed by atoms with Gasteiger partial charge in [0.1, 0.15) is 6.23 Å². The molecule has 0 radical (unpaired) electrons. The van der Waals surface area contributed by atoms with Crippen LogP contribution in [-0.2, 0) is 4.74 Å². The summed E-state index contributed by atoms with van der Waals surface area (Å²) in [5, 5.41) is 0. The molecule has 0 bridgehead atoms. The summed E-state index contributed by atoms with van der Waals surface area (Å²) in [4.78, 5) is 2.50. The maximum absolute atomic E-state index is 5.60. The summed E-state index contributed by atoms with van der Waals surface area (Å²) < 4.78 is 5.60. The second-order valence-electron chi connectivity index (χ2n) is 4.99. The van der Waals surface area contributed by atoms with Gasteiger partial charge in [-0.2, -0.15) is 0 Å². The van der Waals surface area contributed by atoms with Gasteiger partial charge in [0.25, 0.3) is 0 Å². The normalized spacial score (nSPS) is 37.2. The van der Waals surface area contributed by atoms with E-state index in [1.165, 1.54) is 19.4 Å². The smallest absolute Gasteiger partial charge is 0.116 e. The number of hydrogen-bond donors (Lipinski definition) is 0. The van der Waals surface area contributed by atoms with E-state index in [0.717, 1.165) is 12.5 Å². The third-order valence-electron chi connectivity index (χ3n) is 3.03. The molecular formula is C10H19NO. The standard InChI is InChI=1S/C10H19NO/c1-10(2,3)11-6-4-5-8-7-12-9(8)11/h8-9H,4-7H2,1-3H3. The summed E-state index contributed by atoms with van der Waals surface area (Å²) in [6, 6.07) is 0. The number of hydrogen-bond acceptors (Lipinski definition) is 2. The van der Waals surface area contributed by atoms with E-state index in [1.54, 1.807) is 0 Å². The van der Waals surface area contributed by atoms with E-state index < -0.39 is 0 Å². The van der Waals surface area contributed by atoms with Crippen LogP contribution in [0.15, 0.2) is 0 Å². The summed E-state index contributed by atoms with van der Waals surface area (Å²) in [6.07, 6.45) is 3.16. The van der Waals surface area contributed by atoms with Gasteiger partial charge in [-0.15, -0.1) is 0 Å². The summed E-state index contributed by atoms with van der Waals surface area (Å²) in [5.74, 6) is 0.831. The summed E-state index contributed by atoms with van der Waals surface area (Å²) in [7, 11) is 0. The fourth-order valence-electron chi connectivity index (χ4n) is 2.26. The van der Waals surface area contributed by atoms with E-state index in [0.29, 0.717) is 6.23 Å². The molecule has 0 aromatic heterocycles. The van der Waals surface area contributed by atoms with Crippen LogP contribution < -0.4 is 0 Å². The van der Waals surface area contributed by atoms with Crippen LogP contribution in [-0.4, -0.2) is 29.8 Å². The minimum atomic E-state index is 0.282. The minimum absolute atomic E-state index is 0.282. The van der Waals surface area contributed by atoms with Gasteiger partial charge in [0.2, 0.25) is 0 Å². The zero-order chi connectivity index (χ0) is 8.77. The van der Waals surface area contributed by atoms with E-state index in [1.807, 2.05) is 0 Å². The van der Waals surface area contributed by atoms with Crippen LogP contribution in [0.5, 0.6) is 0 Å². The molecule has 12 heavy (non-hydrogen) atoms. The lowest BCUT2D eigenvalue weighted by Gasteiger charge is -2.53. The molecule has 0 aliphatic carbocycles. The molecule has 2 saturated heterocycles. The van der Waals surface area contributed by atoms with Gasteiger partial charge in [0.15, 0.2) is 0 Å². The van der Waals surface area contributed by atoms with Crippen molar-refractivity contribution >= 4 is 0 Å². The number of ether oxygens (including phenoxy) is 1. The number of likely N-dealkylation sites (tertiary alicyclic amines) is 1. The van der Waals surface area contributed by atoms with Crippen LogP contribution in [0.4, 0.5) is 0 Å². The Balaban J connectivity index is 2.05. The lowest BCUT2D eigenvalue weighted by Crippen LogP contribution is -2.61. The van der Waals surface area contributed by atoms with Crippen LogP contribution in [0.25, 0.3) is 0 Å². The van der Waals surface area contributed by atoms with Crippen LogP contribution in [0.1, 0.15) is 33.6 Å². The molecular weight excluding hydrogens is 150 g/mol. The Morgan fingerprint density at radius 2 is 2.08 bits per heavy atom. The topological polar surface area (TPSA) is 12.5 Å². The molecule has 0 aromatic carbocycles. The number of rotatable bonds is 0. The highest BCUT2D eigenvalue weighted by molar-refractivity contribution is 4.90. The Bertz CT molecular complexity index is 173. The second-order valence-corrected chi connectivity index (χ2v) is 4.99. The summed E-state index contributed by atoms with van der Waals surface area (Å²) in [6.45, 7) is 9.03. The molecule has 2 unspecified atom stereocenters. The lowest BCUT2D eigenvalue weighted by atomic mass is 9.89. The Morgan fingerprint density at radius 3 is 2.50 bits per heavy atom. The first-order chi connectivity index (χ1) is 5.59. The second kappa shape index (κ2) is 2.71. The van der Waals surface area contributed by atoms with Crippen molar-refractivity contribution in [1.29, 1.82) is 0 Å². The van der Waals surface area contributed by atoms with Gasteiger partial charge in [-0.05, 0) is 33.6 Å². The predicted octanol–water partition coefficient (Wildman–Crippen LogP) is 1.85. The van der Waals surface area contributed by atoms with Gasteiger partial charge < -0.3 is 4.74 Å². The summed E-state index contributed by atoms with van der Waals surface area (Å²) >= 11 is 0. The van der Waals surface area contributed by atoms with Crippen molar-refractivity contribution in [1.82, 2.24) is 4.90 Å². The van der Waals surface area contributed by atoms with Crippen molar-refractivity contribution in [2.75, 3.05) is 13.2 Å². The zero-order valence-electron chi connectivity index (χ0n) is 8.34. The molecule has 2 fully saturated rings. The minimum Gasteiger partial charge on any atom is -0.362 e. The van der Waals surface area contributed by atoms with Crippen molar-refractivity contribution in [2.24, 2.45) is 5.92 Å². The van der Waals surface area contributed by atoms with Gasteiger partial charge in [0.05, 0.1) is 6.61 Å². The molecule has 2 heteroatoms. The number of fused-ring (bicyclic) bond motifs is 1. The maximum atomic E-state index is 5.60. The van der Waals surface area contributed by atoms with Gasteiger partial charge >= 0.3 is 0 Å². The van der Waals surface area contributed by atoms with Crippen LogP contribution in [0.3, 0.4) is 0 Å². The van der Waals surface area contributed by atoms with E-state index in [9.17, 15) is 0 Å². The Hall–Kier alpha value is -0.0800. The van der Waals surface area contributed by atoms with Gasteiger partial charge in [-0.1, -0.05) is 0 Å². The average molecular weight is 169 g/mol. The molecule has 2 atom stereocenters. The van der Waals surface area contributed by atoms with E-state index in [4.69, 9.17) is 4.74 Å². The van der Waals surface area contributed by atoms with Gasteiger partial charge in [-0.3, -0.25) is 4.90 Å². The average Bonchev–Trinajstić information content (AvgIpc) is 1.88. The SMILES string of the molecule is CC(C)(C)N1CCCC2COC21. The quantitative estimate of drug-likeness (QED) is 0.549. The highest BCUT2D eigenvalue weighted by atomic mass is 16.5. The molecule has 0 amide bonds. The summed E-state index contributed by atoms with van der Waals surface area (Å²) in [5.41, 5.74) is 0.282. The highest BCUT2D eigenvalue weighted by Gasteiger charge is 2.43. The monoisotopic (exact) mass is 169 g/mol. The Morgan fingerprint density at radius 1 is 1.33 bits per heavy atom. The van der Waals surface area contributed by atoms with Crippen molar-refractivity contribution < 1.29 is 4.74 Å². The van der Waals surface area contributed by atoms with Gasteiger partial charge in [0, 0.05) is 18.0 Å². The molecule has 2 nitrogen and oxygen atoms in total. The van der Waals surface area contributed by atoms with Crippen LogP contribution in [0, 0.1) is 5.92 Å². The third-order valence-corrected chi connectivity index (χ3v) is 3.03. The van der Waals surface area contributed by atoms with Crippen LogP contribution in [0.2, 0.25) is 0 Å². The zero-order valence-corrected chi connectivity index (χ0v) is 8.34. The molecule has 0 N–H and O–H groups in total. The number of nitrogens with zero attached hydrogens (tertiary/aromatic N) is 1. The predicted molar refractivity (Wildman–Crippen MR) is 48.9 cm³/mol. The molecule has 0 saturated carbocycles. The molecule has 2 heterocycles. The van der Waals surface area contributed by atoms with E-state index in [2.05, 4.69) is 25.7 Å². The molecule has 2 aliphatic rings. The van der Waals surface area contributed by atoms with Crippen LogP contribution >= 0.6 is 0 Å². The van der Waals surface area contributed by atoms with E-state index >= 15 is 0 Å². The first-order valence-electron chi connectivity index (χ1n) is 4.97. The lowest BCUT2D eigenvalue weighted by molar-refractivity contribution is -0.234. The van der Waals surface area contributed by atoms with Crippen molar-refractivity contribution in [3.8, 4) is 0 Å². The fourth-order valence-corrected chi connectivity index (χ4v) is 2.26. The Labute approximate surface area is 74.9 Å².